The minimum atomic E-state index is -0.480. The van der Waals surface area contributed by atoms with E-state index in [1.54, 1.807) is 4.68 Å². The van der Waals surface area contributed by atoms with E-state index in [4.69, 9.17) is 5.73 Å². The van der Waals surface area contributed by atoms with Gasteiger partial charge in [-0.25, -0.2) is 4.68 Å². The second-order valence-electron chi connectivity index (χ2n) is 8.84. The third-order valence-electron chi connectivity index (χ3n) is 7.00. The maximum absolute atomic E-state index is 13.6. The Morgan fingerprint density at radius 3 is 2.23 bits per heavy atom. The molecule has 1 aromatic carbocycles. The number of benzene rings is 1. The number of nitrogens with zero attached hydrogens (tertiary/aromatic N) is 3. The molecule has 0 aliphatic heterocycles. The lowest BCUT2D eigenvalue weighted by atomic mass is 9.89. The van der Waals surface area contributed by atoms with Gasteiger partial charge in [-0.2, -0.15) is 0 Å². The van der Waals surface area contributed by atoms with E-state index in [1.807, 2.05) is 62.8 Å². The summed E-state index contributed by atoms with van der Waals surface area (Å²) >= 11 is 0. The molecule has 2 N–H and O–H groups in total. The van der Waals surface area contributed by atoms with Crippen molar-refractivity contribution in [3.63, 3.8) is 0 Å². The largest absolute Gasteiger partial charge is 0.366 e. The van der Waals surface area contributed by atoms with E-state index in [0.717, 1.165) is 29.3 Å². The Hall–Kier alpha value is -3.02. The van der Waals surface area contributed by atoms with Crippen molar-refractivity contribution in [2.45, 2.75) is 59.4 Å². The minimum Gasteiger partial charge on any atom is -0.366 e. The topological polar surface area (TPSA) is 75.0 Å². The van der Waals surface area contributed by atoms with Crippen LogP contribution in [-0.2, 0) is 13.6 Å². The lowest BCUT2D eigenvalue weighted by Gasteiger charge is -2.23. The summed E-state index contributed by atoms with van der Waals surface area (Å²) in [6, 6.07) is 9.57. The van der Waals surface area contributed by atoms with Crippen molar-refractivity contribution in [3.8, 4) is 16.8 Å². The number of aromatic nitrogens is 3. The Bertz CT molecular complexity index is 1170. The normalized spacial score (nSPS) is 14.8. The summed E-state index contributed by atoms with van der Waals surface area (Å²) < 4.78 is 5.72. The zero-order valence-electron chi connectivity index (χ0n) is 18.9. The highest BCUT2D eigenvalue weighted by atomic mass is 16.1. The Morgan fingerprint density at radius 2 is 1.61 bits per heavy atom. The first-order valence-electron chi connectivity index (χ1n) is 11.2. The molecule has 0 saturated heterocycles. The van der Waals surface area contributed by atoms with Crippen molar-refractivity contribution in [2.24, 2.45) is 18.7 Å². The van der Waals surface area contributed by atoms with Crippen molar-refractivity contribution in [1.29, 1.82) is 0 Å². The summed E-state index contributed by atoms with van der Waals surface area (Å²) in [4.78, 5) is 26.2. The highest BCUT2D eigenvalue weighted by Gasteiger charge is 2.29. The highest BCUT2D eigenvalue weighted by Crippen LogP contribution is 2.35. The lowest BCUT2D eigenvalue weighted by Crippen LogP contribution is -2.20. The standard InChI is InChI=1S/C25H32N4O2/c1-16-23(25(31)29(27(16)4)20-13-9-6-10-14-20)21-17(2)28(18(3)22(21)24(26)30)15-19-11-7-5-8-12-19/h6,9-10,13-14,19H,5,7-8,11-12,15H2,1-4H3,(H2,26,30). The third-order valence-corrected chi connectivity index (χ3v) is 7.00. The van der Waals surface area contributed by atoms with Crippen LogP contribution in [0.2, 0.25) is 0 Å². The van der Waals surface area contributed by atoms with E-state index < -0.39 is 5.91 Å². The Kier molecular flexibility index (Phi) is 5.65. The number of hydrogen-bond acceptors (Lipinski definition) is 2. The molecule has 0 unspecified atom stereocenters. The van der Waals surface area contributed by atoms with Crippen LogP contribution in [-0.4, -0.2) is 19.8 Å². The van der Waals surface area contributed by atoms with Crippen LogP contribution in [0.5, 0.6) is 0 Å². The predicted molar refractivity (Wildman–Crippen MR) is 124 cm³/mol. The fraction of sp³-hybridized carbons (Fsp3) is 0.440. The van der Waals surface area contributed by atoms with Crippen molar-refractivity contribution < 1.29 is 4.79 Å². The molecule has 2 heterocycles. The number of nitrogens with two attached hydrogens (primary N) is 1. The quantitative estimate of drug-likeness (QED) is 0.670. The van der Waals surface area contributed by atoms with Gasteiger partial charge in [-0.15, -0.1) is 0 Å². The average Bonchev–Trinajstić information content (AvgIpc) is 3.13. The van der Waals surface area contributed by atoms with Gasteiger partial charge in [0, 0.05) is 36.2 Å². The molecule has 164 valence electrons. The molecule has 4 rings (SSSR count). The van der Waals surface area contributed by atoms with Crippen molar-refractivity contribution in [2.75, 3.05) is 0 Å². The molecule has 0 bridgehead atoms. The van der Waals surface area contributed by atoms with E-state index in [-0.39, 0.29) is 5.56 Å². The number of primary amides is 1. The molecule has 31 heavy (non-hydrogen) atoms. The van der Waals surface area contributed by atoms with E-state index >= 15 is 0 Å². The molecular weight excluding hydrogens is 388 g/mol. The maximum atomic E-state index is 13.6. The molecule has 6 nitrogen and oxygen atoms in total. The SMILES string of the molecule is Cc1c(C(N)=O)c(-c2c(C)n(C)n(-c3ccccc3)c2=O)c(C)n1CC1CCCCC1. The molecule has 6 heteroatoms. The van der Waals surface area contributed by atoms with Crippen LogP contribution in [0.4, 0.5) is 0 Å². The van der Waals surface area contributed by atoms with Gasteiger partial charge in [-0.3, -0.25) is 14.3 Å². The third kappa shape index (κ3) is 3.54. The summed E-state index contributed by atoms with van der Waals surface area (Å²) in [6.07, 6.45) is 6.26. The number of rotatable bonds is 5. The summed E-state index contributed by atoms with van der Waals surface area (Å²) in [5, 5.41) is 0. The number of para-hydroxylation sites is 1. The number of carbonyl (C=O) groups is 1. The predicted octanol–water partition coefficient (Wildman–Crippen LogP) is 4.25. The van der Waals surface area contributed by atoms with Gasteiger partial charge in [0.2, 0.25) is 0 Å². The summed E-state index contributed by atoms with van der Waals surface area (Å²) in [6.45, 7) is 6.76. The van der Waals surface area contributed by atoms with Gasteiger partial charge < -0.3 is 10.3 Å². The van der Waals surface area contributed by atoms with Crippen LogP contribution in [0, 0.1) is 26.7 Å². The summed E-state index contributed by atoms with van der Waals surface area (Å²) in [5.74, 6) is 0.122. The van der Waals surface area contributed by atoms with E-state index in [2.05, 4.69) is 4.57 Å². The van der Waals surface area contributed by atoms with Gasteiger partial charge in [-0.1, -0.05) is 37.5 Å². The molecule has 0 radical (unpaired) electrons. The zero-order chi connectivity index (χ0) is 22.3. The van der Waals surface area contributed by atoms with E-state index in [1.165, 1.54) is 32.1 Å². The first-order chi connectivity index (χ1) is 14.8. The van der Waals surface area contributed by atoms with Crippen LogP contribution >= 0.6 is 0 Å². The Morgan fingerprint density at radius 1 is 0.968 bits per heavy atom. The van der Waals surface area contributed by atoms with Gasteiger partial charge in [0.15, 0.2) is 0 Å². The average molecular weight is 421 g/mol. The second kappa shape index (κ2) is 8.25. The highest BCUT2D eigenvalue weighted by molar-refractivity contribution is 6.02. The first-order valence-corrected chi connectivity index (χ1v) is 11.2. The fourth-order valence-electron chi connectivity index (χ4n) is 5.25. The smallest absolute Gasteiger partial charge is 0.279 e. The van der Waals surface area contributed by atoms with Crippen molar-refractivity contribution >= 4 is 5.91 Å². The molecule has 0 atom stereocenters. The van der Waals surface area contributed by atoms with E-state index in [0.29, 0.717) is 22.6 Å². The van der Waals surface area contributed by atoms with Gasteiger partial charge in [0.1, 0.15) is 0 Å². The molecule has 1 fully saturated rings. The molecule has 3 aromatic rings. The van der Waals surface area contributed by atoms with Crippen LogP contribution in [0.25, 0.3) is 16.8 Å². The number of amides is 1. The minimum absolute atomic E-state index is 0.133. The van der Waals surface area contributed by atoms with Crippen LogP contribution in [0.1, 0.15) is 59.5 Å². The zero-order valence-corrected chi connectivity index (χ0v) is 18.9. The molecule has 1 aliphatic carbocycles. The maximum Gasteiger partial charge on any atom is 0.279 e. The van der Waals surface area contributed by atoms with Gasteiger partial charge in [0.25, 0.3) is 11.5 Å². The molecule has 2 aromatic heterocycles. The first kappa shape index (κ1) is 21.2. The van der Waals surface area contributed by atoms with Gasteiger partial charge in [0.05, 0.1) is 16.8 Å². The number of carbonyl (C=O) groups excluding carboxylic acids is 1. The van der Waals surface area contributed by atoms with E-state index in [9.17, 15) is 9.59 Å². The molecule has 0 spiro atoms. The fourth-order valence-corrected chi connectivity index (χ4v) is 5.25. The number of hydrogen-bond donors (Lipinski definition) is 1. The lowest BCUT2D eigenvalue weighted by molar-refractivity contribution is 0.1000. The van der Waals surface area contributed by atoms with Crippen molar-refractivity contribution in [1.82, 2.24) is 13.9 Å². The Labute approximate surface area is 183 Å². The van der Waals surface area contributed by atoms with Gasteiger partial charge in [-0.05, 0) is 51.7 Å². The Balaban J connectivity index is 1.92. The molecule has 1 saturated carbocycles. The second-order valence-corrected chi connectivity index (χ2v) is 8.84. The molecule has 1 aliphatic rings. The van der Waals surface area contributed by atoms with Crippen LogP contribution in [0.3, 0.4) is 0 Å². The summed E-state index contributed by atoms with van der Waals surface area (Å²) in [5.41, 5.74) is 10.9. The van der Waals surface area contributed by atoms with Crippen molar-refractivity contribution in [3.05, 3.63) is 63.3 Å². The summed E-state index contributed by atoms with van der Waals surface area (Å²) in [7, 11) is 1.87. The molecule has 1 amide bonds. The van der Waals surface area contributed by atoms with Crippen LogP contribution < -0.4 is 11.3 Å². The van der Waals surface area contributed by atoms with Crippen LogP contribution in [0.15, 0.2) is 35.1 Å². The monoisotopic (exact) mass is 420 g/mol. The molecular formula is C25H32N4O2. The van der Waals surface area contributed by atoms with Gasteiger partial charge >= 0.3 is 0 Å².